The van der Waals surface area contributed by atoms with Gasteiger partial charge in [-0.2, -0.15) is 5.10 Å². The number of halogens is 2. The lowest BCUT2D eigenvalue weighted by Crippen LogP contribution is -2.39. The summed E-state index contributed by atoms with van der Waals surface area (Å²) in [5, 5.41) is 5.21. The summed E-state index contributed by atoms with van der Waals surface area (Å²) in [5.74, 6) is -0.587. The van der Waals surface area contributed by atoms with Crippen molar-refractivity contribution in [2.75, 3.05) is 10.8 Å². The van der Waals surface area contributed by atoms with Gasteiger partial charge in [-0.25, -0.2) is 13.8 Å². The van der Waals surface area contributed by atoms with Gasteiger partial charge in [0.2, 0.25) is 0 Å². The van der Waals surface area contributed by atoms with Crippen molar-refractivity contribution in [3.05, 3.63) is 111 Å². The lowest BCUT2D eigenvalue weighted by atomic mass is 10.1. The zero-order valence-corrected chi connectivity index (χ0v) is 24.3. The average Bonchev–Trinajstić information content (AvgIpc) is 3.18. The van der Waals surface area contributed by atoms with Crippen molar-refractivity contribution >= 4 is 51.0 Å². The maximum Gasteiger partial charge on any atom is 0.264 e. The molecule has 3 aromatic carbocycles. The Kier molecular flexibility index (Phi) is 8.49. The minimum Gasteiger partial charge on any atom is -0.316 e. The van der Waals surface area contributed by atoms with Crippen LogP contribution in [0.15, 0.2) is 82.8 Å². The molecule has 1 N–H and O–H groups in total. The van der Waals surface area contributed by atoms with Crippen molar-refractivity contribution < 1.29 is 13.2 Å². The molecule has 7 nitrogen and oxygen atoms in total. The van der Waals surface area contributed by atoms with E-state index in [2.05, 4.69) is 10.5 Å². The quantitative estimate of drug-likeness (QED) is 0.194. The van der Waals surface area contributed by atoms with Crippen LogP contribution in [0.5, 0.6) is 0 Å². The SMILES string of the molecule is Cc1ccc(N(CC(=O)N/N=C/c2cc(C)n(-c3cc(Cl)ccc3Cl)c2C)S(=O)(=O)c2ccccc2)cc1C. The standard InChI is InChI=1S/C29H28Cl2N4O3S/c1-19-10-12-25(14-20(19)2)34(39(37,38)26-8-6-5-7-9-26)18-29(36)33-32-17-23-15-21(3)35(22(23)4)28-16-24(30)11-13-27(28)31/h5-17H,18H2,1-4H3,(H,33,36)/b32-17+. The lowest BCUT2D eigenvalue weighted by molar-refractivity contribution is -0.119. The number of nitrogens with zero attached hydrogens (tertiary/aromatic N) is 3. The Labute approximate surface area is 238 Å². The van der Waals surface area contributed by atoms with Gasteiger partial charge in [-0.15, -0.1) is 0 Å². The van der Waals surface area contributed by atoms with Gasteiger partial charge in [-0.1, -0.05) is 47.5 Å². The first-order chi connectivity index (χ1) is 18.5. The molecule has 0 aliphatic carbocycles. The summed E-state index contributed by atoms with van der Waals surface area (Å²) in [6, 6.07) is 20.4. The molecule has 0 unspecified atom stereocenters. The molecule has 0 spiro atoms. The number of aromatic nitrogens is 1. The van der Waals surface area contributed by atoms with E-state index in [4.69, 9.17) is 23.2 Å². The number of aryl methyl sites for hydroxylation is 3. The number of carbonyl (C=O) groups excluding carboxylic acids is 1. The summed E-state index contributed by atoms with van der Waals surface area (Å²) >= 11 is 12.6. The van der Waals surface area contributed by atoms with Crippen LogP contribution in [0.3, 0.4) is 0 Å². The van der Waals surface area contributed by atoms with E-state index < -0.39 is 22.5 Å². The number of nitrogens with one attached hydrogen (secondary N) is 1. The van der Waals surface area contributed by atoms with Gasteiger partial charge in [0, 0.05) is 22.0 Å². The first-order valence-corrected chi connectivity index (χ1v) is 14.3. The number of benzene rings is 3. The molecular weight excluding hydrogens is 555 g/mol. The molecule has 0 atom stereocenters. The maximum atomic E-state index is 13.5. The largest absolute Gasteiger partial charge is 0.316 e. The molecule has 1 heterocycles. The van der Waals surface area contributed by atoms with Crippen LogP contribution in [0.4, 0.5) is 5.69 Å². The molecule has 0 fully saturated rings. The fourth-order valence-corrected chi connectivity index (χ4v) is 6.00. The van der Waals surface area contributed by atoms with Gasteiger partial charge < -0.3 is 4.57 Å². The summed E-state index contributed by atoms with van der Waals surface area (Å²) in [6.45, 7) is 7.21. The average molecular weight is 584 g/mol. The molecule has 0 saturated carbocycles. The number of carbonyl (C=O) groups is 1. The first kappa shape index (κ1) is 28.4. The van der Waals surface area contributed by atoms with E-state index in [0.717, 1.165) is 38.1 Å². The molecule has 0 saturated heterocycles. The Morgan fingerprint density at radius 1 is 0.949 bits per heavy atom. The zero-order chi connectivity index (χ0) is 28.3. The predicted octanol–water partition coefficient (Wildman–Crippen LogP) is 6.36. The summed E-state index contributed by atoms with van der Waals surface area (Å²) in [6.07, 6.45) is 1.52. The van der Waals surface area contributed by atoms with Crippen molar-refractivity contribution in [1.82, 2.24) is 9.99 Å². The third-order valence-corrected chi connectivity index (χ3v) is 8.75. The highest BCUT2D eigenvalue weighted by atomic mass is 35.5. The summed E-state index contributed by atoms with van der Waals surface area (Å²) in [4.78, 5) is 13.0. The Hall–Kier alpha value is -3.59. The number of hydrogen-bond donors (Lipinski definition) is 1. The third kappa shape index (κ3) is 6.19. The van der Waals surface area contributed by atoms with E-state index in [1.807, 2.05) is 44.4 Å². The van der Waals surface area contributed by atoms with E-state index in [1.165, 1.54) is 18.3 Å². The second-order valence-corrected chi connectivity index (χ2v) is 11.9. The van der Waals surface area contributed by atoms with Crippen molar-refractivity contribution in [2.24, 2.45) is 5.10 Å². The Balaban J connectivity index is 1.58. The zero-order valence-electron chi connectivity index (χ0n) is 21.9. The highest BCUT2D eigenvalue weighted by Crippen LogP contribution is 2.29. The van der Waals surface area contributed by atoms with E-state index in [9.17, 15) is 13.2 Å². The van der Waals surface area contributed by atoms with Gasteiger partial charge in [0.05, 0.1) is 27.5 Å². The van der Waals surface area contributed by atoms with Crippen LogP contribution < -0.4 is 9.73 Å². The molecule has 1 amide bonds. The molecular formula is C29H28Cl2N4O3S. The molecule has 39 heavy (non-hydrogen) atoms. The van der Waals surface area contributed by atoms with Crippen LogP contribution in [-0.2, 0) is 14.8 Å². The Morgan fingerprint density at radius 3 is 2.36 bits per heavy atom. The van der Waals surface area contributed by atoms with E-state index in [0.29, 0.717) is 15.7 Å². The highest BCUT2D eigenvalue weighted by molar-refractivity contribution is 7.92. The Bertz CT molecular complexity index is 1670. The van der Waals surface area contributed by atoms with Crippen molar-refractivity contribution in [2.45, 2.75) is 32.6 Å². The summed E-state index contributed by atoms with van der Waals surface area (Å²) < 4.78 is 30.1. The highest BCUT2D eigenvalue weighted by Gasteiger charge is 2.27. The van der Waals surface area contributed by atoms with Crippen LogP contribution in [0.2, 0.25) is 10.0 Å². The number of hydrogen-bond acceptors (Lipinski definition) is 4. The second-order valence-electron chi connectivity index (χ2n) is 9.14. The summed E-state index contributed by atoms with van der Waals surface area (Å²) in [5.41, 5.74) is 8.02. The first-order valence-electron chi connectivity index (χ1n) is 12.1. The normalized spacial score (nSPS) is 11.6. The third-order valence-electron chi connectivity index (χ3n) is 6.41. The number of anilines is 1. The number of sulfonamides is 1. The van der Waals surface area contributed by atoms with Crippen LogP contribution in [0, 0.1) is 27.7 Å². The fourth-order valence-electron chi connectivity index (χ4n) is 4.20. The van der Waals surface area contributed by atoms with E-state index >= 15 is 0 Å². The van der Waals surface area contributed by atoms with Crippen molar-refractivity contribution in [1.29, 1.82) is 0 Å². The van der Waals surface area contributed by atoms with Gasteiger partial charge in [0.15, 0.2) is 0 Å². The molecule has 4 aromatic rings. The molecule has 0 aliphatic rings. The van der Waals surface area contributed by atoms with E-state index in [1.54, 1.807) is 48.5 Å². The van der Waals surface area contributed by atoms with Gasteiger partial charge in [0.25, 0.3) is 15.9 Å². The van der Waals surface area contributed by atoms with Crippen molar-refractivity contribution in [3.8, 4) is 5.69 Å². The summed E-state index contributed by atoms with van der Waals surface area (Å²) in [7, 11) is -4.01. The van der Waals surface area contributed by atoms with Crippen LogP contribution in [0.25, 0.3) is 5.69 Å². The minimum absolute atomic E-state index is 0.0895. The molecule has 4 rings (SSSR count). The number of amides is 1. The number of hydrazone groups is 1. The molecule has 0 bridgehead atoms. The second kappa shape index (κ2) is 11.7. The molecule has 0 aliphatic heterocycles. The van der Waals surface area contributed by atoms with Gasteiger partial charge in [0.1, 0.15) is 6.54 Å². The van der Waals surface area contributed by atoms with Crippen LogP contribution in [-0.4, -0.2) is 31.7 Å². The predicted molar refractivity (Wildman–Crippen MR) is 158 cm³/mol. The fraction of sp³-hybridized carbons (Fsp3) is 0.172. The molecule has 1 aromatic heterocycles. The minimum atomic E-state index is -4.01. The molecule has 0 radical (unpaired) electrons. The van der Waals surface area contributed by atoms with Crippen molar-refractivity contribution in [3.63, 3.8) is 0 Å². The molecule has 10 heteroatoms. The van der Waals surface area contributed by atoms with Gasteiger partial charge >= 0.3 is 0 Å². The lowest BCUT2D eigenvalue weighted by Gasteiger charge is -2.24. The van der Waals surface area contributed by atoms with Crippen LogP contribution >= 0.6 is 23.2 Å². The molecule has 202 valence electrons. The smallest absolute Gasteiger partial charge is 0.264 e. The maximum absolute atomic E-state index is 13.5. The van der Waals surface area contributed by atoms with Gasteiger partial charge in [-0.05, 0) is 87.4 Å². The van der Waals surface area contributed by atoms with Crippen LogP contribution in [0.1, 0.15) is 28.1 Å². The monoisotopic (exact) mass is 582 g/mol. The topological polar surface area (TPSA) is 83.8 Å². The van der Waals surface area contributed by atoms with E-state index in [-0.39, 0.29) is 4.90 Å². The Morgan fingerprint density at radius 2 is 1.67 bits per heavy atom. The van der Waals surface area contributed by atoms with Gasteiger partial charge in [-0.3, -0.25) is 9.10 Å². The number of rotatable bonds is 8.